The molecule has 17 heavy (non-hydrogen) atoms. The van der Waals surface area contributed by atoms with Crippen LogP contribution in [0.5, 0.6) is 5.75 Å². The van der Waals surface area contributed by atoms with E-state index in [1.54, 1.807) is 0 Å². The van der Waals surface area contributed by atoms with E-state index in [4.69, 9.17) is 9.47 Å². The van der Waals surface area contributed by atoms with E-state index >= 15 is 0 Å². The monoisotopic (exact) mass is 299 g/mol. The van der Waals surface area contributed by atoms with Crippen LogP contribution < -0.4 is 4.74 Å². The number of nitrogens with zero attached hydrogens (tertiary/aromatic N) is 1. The molecule has 1 heterocycles. The maximum absolute atomic E-state index is 5.81. The largest absolute Gasteiger partial charge is 0.491 e. The highest BCUT2D eigenvalue weighted by atomic mass is 79.9. The summed E-state index contributed by atoms with van der Waals surface area (Å²) in [7, 11) is 2.11. The highest BCUT2D eigenvalue weighted by molar-refractivity contribution is 9.10. The van der Waals surface area contributed by atoms with Crippen LogP contribution in [0.25, 0.3) is 0 Å². The van der Waals surface area contributed by atoms with Crippen LogP contribution in [-0.4, -0.2) is 44.4 Å². The molecule has 0 bridgehead atoms. The summed E-state index contributed by atoms with van der Waals surface area (Å²) in [6, 6.07) is 6.05. The molecule has 0 radical (unpaired) electrons. The number of halogens is 1. The molecule has 4 heteroatoms. The van der Waals surface area contributed by atoms with Gasteiger partial charge in [-0.3, -0.25) is 0 Å². The first kappa shape index (κ1) is 12.9. The van der Waals surface area contributed by atoms with Gasteiger partial charge in [-0.1, -0.05) is 15.9 Å². The molecular weight excluding hydrogens is 282 g/mol. The lowest BCUT2D eigenvalue weighted by Crippen LogP contribution is -2.42. The zero-order chi connectivity index (χ0) is 12.3. The molecule has 0 saturated carbocycles. The molecule has 0 amide bonds. The van der Waals surface area contributed by atoms with Crippen molar-refractivity contribution in [1.29, 1.82) is 0 Å². The van der Waals surface area contributed by atoms with E-state index in [2.05, 4.69) is 33.9 Å². The summed E-state index contributed by atoms with van der Waals surface area (Å²) >= 11 is 3.44. The molecule has 1 aliphatic heterocycles. The van der Waals surface area contributed by atoms with Gasteiger partial charge in [0.1, 0.15) is 18.5 Å². The molecule has 1 fully saturated rings. The summed E-state index contributed by atoms with van der Waals surface area (Å²) in [5.41, 5.74) is 1.14. The van der Waals surface area contributed by atoms with Gasteiger partial charge in [0.15, 0.2) is 0 Å². The summed E-state index contributed by atoms with van der Waals surface area (Å²) in [6.45, 7) is 5.41. The maximum atomic E-state index is 5.81. The first-order valence-corrected chi connectivity index (χ1v) is 6.63. The second-order valence-corrected chi connectivity index (χ2v) is 5.39. The van der Waals surface area contributed by atoms with Gasteiger partial charge in [-0.25, -0.2) is 0 Å². The number of hydrogen-bond acceptors (Lipinski definition) is 3. The normalized spacial score (nSPS) is 21.5. The third-order valence-corrected chi connectivity index (χ3v) is 3.40. The number of morpholine rings is 1. The van der Waals surface area contributed by atoms with Crippen LogP contribution in [0.3, 0.4) is 0 Å². The van der Waals surface area contributed by atoms with Gasteiger partial charge in [0.05, 0.1) is 6.61 Å². The van der Waals surface area contributed by atoms with E-state index in [1.807, 2.05) is 19.1 Å². The molecule has 1 aliphatic rings. The van der Waals surface area contributed by atoms with Crippen LogP contribution in [-0.2, 0) is 4.74 Å². The predicted molar refractivity (Wildman–Crippen MR) is 71.6 cm³/mol. The van der Waals surface area contributed by atoms with Crippen molar-refractivity contribution in [1.82, 2.24) is 4.90 Å². The lowest BCUT2D eigenvalue weighted by atomic mass is 10.2. The predicted octanol–water partition coefficient (Wildman–Crippen LogP) is 2.47. The van der Waals surface area contributed by atoms with Crippen LogP contribution in [0.1, 0.15) is 5.56 Å². The van der Waals surface area contributed by atoms with E-state index in [-0.39, 0.29) is 6.10 Å². The smallest absolute Gasteiger partial charge is 0.122 e. The average molecular weight is 300 g/mol. The molecule has 1 atom stereocenters. The van der Waals surface area contributed by atoms with Crippen LogP contribution in [0.4, 0.5) is 0 Å². The van der Waals surface area contributed by atoms with Gasteiger partial charge in [-0.2, -0.15) is 0 Å². The van der Waals surface area contributed by atoms with E-state index in [0.29, 0.717) is 6.61 Å². The number of likely N-dealkylation sites (N-methyl/N-ethyl adjacent to an activating group) is 1. The molecule has 1 aromatic rings. The zero-order valence-corrected chi connectivity index (χ0v) is 11.9. The van der Waals surface area contributed by atoms with Crippen LogP contribution >= 0.6 is 15.9 Å². The molecule has 94 valence electrons. The highest BCUT2D eigenvalue weighted by Crippen LogP contribution is 2.22. The summed E-state index contributed by atoms with van der Waals surface area (Å²) < 4.78 is 12.5. The number of ether oxygens (including phenoxy) is 2. The molecule has 1 saturated heterocycles. The minimum absolute atomic E-state index is 0.178. The fourth-order valence-electron chi connectivity index (χ4n) is 1.93. The zero-order valence-electron chi connectivity index (χ0n) is 10.3. The summed E-state index contributed by atoms with van der Waals surface area (Å²) in [4.78, 5) is 2.27. The minimum atomic E-state index is 0.178. The molecule has 0 aromatic heterocycles. The highest BCUT2D eigenvalue weighted by Gasteiger charge is 2.18. The van der Waals surface area contributed by atoms with E-state index in [0.717, 1.165) is 35.5 Å². The topological polar surface area (TPSA) is 21.7 Å². The van der Waals surface area contributed by atoms with Crippen molar-refractivity contribution < 1.29 is 9.47 Å². The minimum Gasteiger partial charge on any atom is -0.491 e. The van der Waals surface area contributed by atoms with Crippen molar-refractivity contribution in [3.63, 3.8) is 0 Å². The van der Waals surface area contributed by atoms with Gasteiger partial charge in [0.25, 0.3) is 0 Å². The fourth-order valence-corrected chi connectivity index (χ4v) is 2.40. The Morgan fingerprint density at radius 1 is 1.53 bits per heavy atom. The van der Waals surface area contributed by atoms with Crippen LogP contribution in [0, 0.1) is 6.92 Å². The second-order valence-electron chi connectivity index (χ2n) is 4.48. The third-order valence-electron chi connectivity index (χ3n) is 2.90. The summed E-state index contributed by atoms with van der Waals surface area (Å²) in [5.74, 6) is 0.935. The van der Waals surface area contributed by atoms with E-state index < -0.39 is 0 Å². The van der Waals surface area contributed by atoms with Crippen molar-refractivity contribution in [2.45, 2.75) is 13.0 Å². The van der Waals surface area contributed by atoms with Crippen LogP contribution in [0.15, 0.2) is 22.7 Å². The fraction of sp³-hybridized carbons (Fsp3) is 0.538. The van der Waals surface area contributed by atoms with Gasteiger partial charge in [-0.15, -0.1) is 0 Å². The SMILES string of the molecule is Cc1cc(Br)ccc1OCC1CN(C)CCO1. The Bertz CT molecular complexity index is 384. The molecule has 0 N–H and O–H groups in total. The second kappa shape index (κ2) is 5.85. The Hall–Kier alpha value is -0.580. The van der Waals surface area contributed by atoms with Crippen molar-refractivity contribution in [2.75, 3.05) is 33.4 Å². The molecule has 1 unspecified atom stereocenters. The number of rotatable bonds is 3. The number of hydrogen-bond donors (Lipinski definition) is 0. The van der Waals surface area contributed by atoms with Gasteiger partial charge in [0.2, 0.25) is 0 Å². The van der Waals surface area contributed by atoms with Gasteiger partial charge in [0, 0.05) is 17.6 Å². The summed E-state index contributed by atoms with van der Waals surface area (Å²) in [6.07, 6.45) is 0.178. The van der Waals surface area contributed by atoms with Crippen molar-refractivity contribution >= 4 is 15.9 Å². The Kier molecular flexibility index (Phi) is 4.42. The Balaban J connectivity index is 1.88. The Morgan fingerprint density at radius 2 is 2.35 bits per heavy atom. The maximum Gasteiger partial charge on any atom is 0.122 e. The quantitative estimate of drug-likeness (QED) is 0.856. The lowest BCUT2D eigenvalue weighted by Gasteiger charge is -2.30. The number of benzene rings is 1. The molecular formula is C13H18BrNO2. The molecule has 1 aromatic carbocycles. The first-order valence-electron chi connectivity index (χ1n) is 5.84. The van der Waals surface area contributed by atoms with Crippen molar-refractivity contribution in [3.8, 4) is 5.75 Å². The molecule has 2 rings (SSSR count). The van der Waals surface area contributed by atoms with Gasteiger partial charge < -0.3 is 14.4 Å². The lowest BCUT2D eigenvalue weighted by molar-refractivity contribution is -0.0404. The number of aryl methyl sites for hydroxylation is 1. The van der Waals surface area contributed by atoms with Crippen molar-refractivity contribution in [3.05, 3.63) is 28.2 Å². The van der Waals surface area contributed by atoms with Crippen molar-refractivity contribution in [2.24, 2.45) is 0 Å². The summed E-state index contributed by atoms with van der Waals surface area (Å²) in [5, 5.41) is 0. The van der Waals surface area contributed by atoms with Crippen LogP contribution in [0.2, 0.25) is 0 Å². The third kappa shape index (κ3) is 3.69. The average Bonchev–Trinajstić information content (AvgIpc) is 2.28. The molecule has 0 spiro atoms. The van der Waals surface area contributed by atoms with Gasteiger partial charge in [-0.05, 0) is 37.7 Å². The molecule has 0 aliphatic carbocycles. The molecule has 3 nitrogen and oxygen atoms in total. The first-order chi connectivity index (χ1) is 8.15. The Labute approximate surface area is 111 Å². The van der Waals surface area contributed by atoms with E-state index in [1.165, 1.54) is 0 Å². The van der Waals surface area contributed by atoms with E-state index in [9.17, 15) is 0 Å². The Morgan fingerprint density at radius 3 is 3.06 bits per heavy atom. The van der Waals surface area contributed by atoms with Gasteiger partial charge >= 0.3 is 0 Å². The standard InChI is InChI=1S/C13H18BrNO2/c1-10-7-11(14)3-4-13(10)17-9-12-8-15(2)5-6-16-12/h3-4,7,12H,5-6,8-9H2,1-2H3.